The number of hydrogen-bond acceptors (Lipinski definition) is 3. The number of nitrogens with zero attached hydrogens (tertiary/aromatic N) is 1. The van der Waals surface area contributed by atoms with Gasteiger partial charge in [0, 0.05) is 5.56 Å². The Balaban J connectivity index is 2.63. The predicted molar refractivity (Wildman–Crippen MR) is 81.1 cm³/mol. The Kier molecular flexibility index (Phi) is 4.76. The van der Waals surface area contributed by atoms with E-state index in [1.165, 1.54) is 19.2 Å². The van der Waals surface area contributed by atoms with Gasteiger partial charge in [0.2, 0.25) is 0 Å². The van der Waals surface area contributed by atoms with Crippen LogP contribution in [0.25, 0.3) is 11.3 Å². The fourth-order valence-electron chi connectivity index (χ4n) is 1.56. The van der Waals surface area contributed by atoms with Crippen molar-refractivity contribution < 1.29 is 9.53 Å². The first kappa shape index (κ1) is 15.4. The van der Waals surface area contributed by atoms with Crippen LogP contribution in [0.2, 0.25) is 20.1 Å². The van der Waals surface area contributed by atoms with Crippen molar-refractivity contribution in [1.29, 1.82) is 0 Å². The summed E-state index contributed by atoms with van der Waals surface area (Å²) in [7, 11) is 1.27. The van der Waals surface area contributed by atoms with Crippen molar-refractivity contribution in [3.8, 4) is 11.3 Å². The molecule has 20 heavy (non-hydrogen) atoms. The third-order valence-electron chi connectivity index (χ3n) is 2.53. The van der Waals surface area contributed by atoms with Crippen LogP contribution in [0.5, 0.6) is 0 Å². The van der Waals surface area contributed by atoms with Crippen molar-refractivity contribution in [1.82, 2.24) is 4.98 Å². The number of halogens is 4. The van der Waals surface area contributed by atoms with Gasteiger partial charge in [0.1, 0.15) is 5.69 Å². The number of carbonyl (C=O) groups is 1. The third-order valence-corrected chi connectivity index (χ3v) is 4.13. The van der Waals surface area contributed by atoms with Gasteiger partial charge in [-0.15, -0.1) is 0 Å². The Hall–Kier alpha value is -1.000. The quantitative estimate of drug-likeness (QED) is 0.555. The number of esters is 1. The first-order valence-corrected chi connectivity index (χ1v) is 6.85. The van der Waals surface area contributed by atoms with Gasteiger partial charge in [-0.1, -0.05) is 46.4 Å². The van der Waals surface area contributed by atoms with Crippen LogP contribution in [-0.2, 0) is 4.74 Å². The molecule has 0 radical (unpaired) electrons. The second-order valence-electron chi connectivity index (χ2n) is 3.74. The molecule has 0 amide bonds. The molecular weight excluding hydrogens is 344 g/mol. The molecule has 0 aliphatic carbocycles. The summed E-state index contributed by atoms with van der Waals surface area (Å²) in [4.78, 5) is 15.7. The number of hydrogen-bond donors (Lipinski definition) is 0. The monoisotopic (exact) mass is 349 g/mol. The van der Waals surface area contributed by atoms with Crippen LogP contribution in [0, 0.1) is 0 Å². The number of ether oxygens (including phenoxy) is 1. The Morgan fingerprint density at radius 1 is 1.00 bits per heavy atom. The summed E-state index contributed by atoms with van der Waals surface area (Å²) in [5.74, 6) is -0.570. The second-order valence-corrected chi connectivity index (χ2v) is 5.31. The molecule has 0 bridgehead atoms. The number of pyridine rings is 1. The normalized spacial score (nSPS) is 10.4. The molecular formula is C13H7Cl4NO2. The van der Waals surface area contributed by atoms with E-state index in [0.29, 0.717) is 21.3 Å². The lowest BCUT2D eigenvalue weighted by molar-refractivity contribution is 0.0594. The molecule has 1 aromatic heterocycles. The molecule has 0 saturated heterocycles. The Morgan fingerprint density at radius 3 is 2.30 bits per heavy atom. The minimum absolute atomic E-state index is 0.119. The highest BCUT2D eigenvalue weighted by molar-refractivity contribution is 6.49. The summed E-state index contributed by atoms with van der Waals surface area (Å²) in [6.45, 7) is 0. The van der Waals surface area contributed by atoms with Crippen LogP contribution in [0.3, 0.4) is 0 Å². The van der Waals surface area contributed by atoms with Crippen molar-refractivity contribution in [3.63, 3.8) is 0 Å². The van der Waals surface area contributed by atoms with Crippen molar-refractivity contribution in [3.05, 3.63) is 50.0 Å². The molecule has 3 nitrogen and oxygen atoms in total. The zero-order valence-corrected chi connectivity index (χ0v) is 13.1. The maximum atomic E-state index is 11.5. The zero-order valence-electron chi connectivity index (χ0n) is 10.1. The van der Waals surface area contributed by atoms with Crippen molar-refractivity contribution in [2.45, 2.75) is 0 Å². The topological polar surface area (TPSA) is 39.2 Å². The van der Waals surface area contributed by atoms with Crippen molar-refractivity contribution in [2.75, 3.05) is 7.11 Å². The summed E-state index contributed by atoms with van der Waals surface area (Å²) in [5.41, 5.74) is 0.934. The van der Waals surface area contributed by atoms with Gasteiger partial charge in [0.15, 0.2) is 0 Å². The molecule has 0 fully saturated rings. The number of benzene rings is 1. The highest BCUT2D eigenvalue weighted by Gasteiger charge is 2.17. The summed E-state index contributed by atoms with van der Waals surface area (Å²) >= 11 is 24.1. The lowest BCUT2D eigenvalue weighted by Crippen LogP contribution is -2.05. The smallest absolute Gasteiger partial charge is 0.356 e. The van der Waals surface area contributed by atoms with E-state index < -0.39 is 5.97 Å². The third kappa shape index (κ3) is 2.86. The lowest BCUT2D eigenvalue weighted by atomic mass is 10.1. The van der Waals surface area contributed by atoms with Crippen LogP contribution in [-0.4, -0.2) is 18.1 Å². The van der Waals surface area contributed by atoms with E-state index in [1.54, 1.807) is 12.1 Å². The van der Waals surface area contributed by atoms with E-state index in [1.807, 2.05) is 0 Å². The van der Waals surface area contributed by atoms with Gasteiger partial charge >= 0.3 is 5.97 Å². The Bertz CT molecular complexity index is 688. The average Bonchev–Trinajstić information content (AvgIpc) is 2.45. The molecule has 0 aliphatic rings. The Labute approximate surface area is 135 Å². The molecule has 1 aromatic carbocycles. The van der Waals surface area contributed by atoms with Crippen LogP contribution in [0.4, 0.5) is 0 Å². The van der Waals surface area contributed by atoms with Crippen LogP contribution < -0.4 is 0 Å². The summed E-state index contributed by atoms with van der Waals surface area (Å²) in [5, 5.41) is 1.07. The molecule has 0 spiro atoms. The number of rotatable bonds is 2. The maximum Gasteiger partial charge on any atom is 0.356 e. The first-order chi connectivity index (χ1) is 9.45. The molecule has 0 saturated carbocycles. The second kappa shape index (κ2) is 6.19. The Morgan fingerprint density at radius 2 is 1.65 bits per heavy atom. The van der Waals surface area contributed by atoms with E-state index in [9.17, 15) is 4.79 Å². The molecule has 0 unspecified atom stereocenters. The van der Waals surface area contributed by atoms with Gasteiger partial charge in [-0.05, 0) is 24.3 Å². The minimum atomic E-state index is -0.570. The molecule has 2 rings (SSSR count). The zero-order chi connectivity index (χ0) is 14.9. The largest absolute Gasteiger partial charge is 0.464 e. The number of methoxy groups -OCH3 is 1. The first-order valence-electron chi connectivity index (χ1n) is 5.34. The van der Waals surface area contributed by atoms with E-state index in [0.717, 1.165) is 0 Å². The summed E-state index contributed by atoms with van der Waals surface area (Å²) in [6.07, 6.45) is 0. The number of aromatic nitrogens is 1. The fourth-order valence-corrected chi connectivity index (χ4v) is 2.39. The van der Waals surface area contributed by atoms with Gasteiger partial charge < -0.3 is 4.74 Å². The van der Waals surface area contributed by atoms with Crippen molar-refractivity contribution in [2.24, 2.45) is 0 Å². The van der Waals surface area contributed by atoms with Crippen LogP contribution >= 0.6 is 46.4 Å². The van der Waals surface area contributed by atoms with Crippen LogP contribution in [0.15, 0.2) is 24.3 Å². The van der Waals surface area contributed by atoms with E-state index in [2.05, 4.69) is 9.72 Å². The van der Waals surface area contributed by atoms with Gasteiger partial charge in [0.05, 0.1) is 32.9 Å². The molecule has 2 aromatic rings. The SMILES string of the molecule is COC(=O)c1ccc(Cl)c(-c2ccc(Cl)c(Cl)c2Cl)n1. The minimum Gasteiger partial charge on any atom is -0.464 e. The van der Waals surface area contributed by atoms with Gasteiger partial charge in [-0.25, -0.2) is 9.78 Å². The lowest BCUT2D eigenvalue weighted by Gasteiger charge is -2.09. The maximum absolute atomic E-state index is 11.5. The average molecular weight is 351 g/mol. The highest BCUT2D eigenvalue weighted by Crippen LogP contribution is 2.39. The number of carbonyl (C=O) groups excluding carboxylic acids is 1. The van der Waals surface area contributed by atoms with E-state index in [4.69, 9.17) is 46.4 Å². The van der Waals surface area contributed by atoms with Crippen molar-refractivity contribution >= 4 is 52.4 Å². The standard InChI is InChI=1S/C13H7Cl4NO2/c1-20-13(19)9-5-4-8(15)12(18-9)6-2-3-7(14)11(17)10(6)16/h2-5H,1H3. The fraction of sp³-hybridized carbons (Fsp3) is 0.0769. The predicted octanol–water partition coefficient (Wildman–Crippen LogP) is 5.15. The molecule has 7 heteroatoms. The van der Waals surface area contributed by atoms with Crippen LogP contribution in [0.1, 0.15) is 10.5 Å². The molecule has 0 aliphatic heterocycles. The molecule has 0 N–H and O–H groups in total. The van der Waals surface area contributed by atoms with Gasteiger partial charge in [0.25, 0.3) is 0 Å². The molecule has 104 valence electrons. The summed E-state index contributed by atoms with van der Waals surface area (Å²) in [6, 6.07) is 6.21. The van der Waals surface area contributed by atoms with Gasteiger partial charge in [-0.3, -0.25) is 0 Å². The van der Waals surface area contributed by atoms with E-state index >= 15 is 0 Å². The van der Waals surface area contributed by atoms with Gasteiger partial charge in [-0.2, -0.15) is 0 Å². The molecule has 0 atom stereocenters. The highest BCUT2D eigenvalue weighted by atomic mass is 35.5. The van der Waals surface area contributed by atoms with E-state index in [-0.39, 0.29) is 15.7 Å². The summed E-state index contributed by atoms with van der Waals surface area (Å²) < 4.78 is 4.62. The molecule has 1 heterocycles.